The Kier molecular flexibility index (Phi) is 4.03. The summed E-state index contributed by atoms with van der Waals surface area (Å²) in [7, 11) is 1.31. The van der Waals surface area contributed by atoms with Gasteiger partial charge in [0, 0.05) is 5.56 Å². The topological polar surface area (TPSA) is 58.6 Å². The molecule has 1 unspecified atom stereocenters. The number of alkyl carbamates (subject to hydrolysis) is 1. The van der Waals surface area contributed by atoms with Crippen LogP contribution in [0.15, 0.2) is 54.6 Å². The number of para-hydroxylation sites is 1. The first-order chi connectivity index (χ1) is 9.22. The van der Waals surface area contributed by atoms with Gasteiger partial charge in [0.05, 0.1) is 13.2 Å². The molecule has 1 atom stereocenters. The van der Waals surface area contributed by atoms with E-state index in [1.54, 1.807) is 18.2 Å². The molecule has 0 saturated carbocycles. The van der Waals surface area contributed by atoms with E-state index in [9.17, 15) is 9.90 Å². The molecule has 0 aliphatic carbocycles. The minimum absolute atomic E-state index is 0.132. The molecule has 1 amide bonds. The van der Waals surface area contributed by atoms with Gasteiger partial charge >= 0.3 is 6.09 Å². The number of carbonyl (C=O) groups is 1. The number of aromatic hydroxyl groups is 1. The number of benzene rings is 2. The Morgan fingerprint density at radius 1 is 1.11 bits per heavy atom. The van der Waals surface area contributed by atoms with Gasteiger partial charge in [-0.2, -0.15) is 0 Å². The zero-order chi connectivity index (χ0) is 13.7. The van der Waals surface area contributed by atoms with Crippen molar-refractivity contribution in [1.82, 2.24) is 5.32 Å². The lowest BCUT2D eigenvalue weighted by atomic mass is 9.98. The summed E-state index contributed by atoms with van der Waals surface area (Å²) >= 11 is 0. The van der Waals surface area contributed by atoms with Crippen LogP contribution in [0.1, 0.15) is 17.2 Å². The van der Waals surface area contributed by atoms with E-state index in [1.165, 1.54) is 7.11 Å². The molecule has 0 heterocycles. The van der Waals surface area contributed by atoms with Gasteiger partial charge in [-0.15, -0.1) is 0 Å². The van der Waals surface area contributed by atoms with E-state index in [-0.39, 0.29) is 5.75 Å². The number of phenols is 1. The minimum atomic E-state index is -0.544. The van der Waals surface area contributed by atoms with Crippen molar-refractivity contribution in [3.8, 4) is 5.75 Å². The molecule has 0 aromatic heterocycles. The summed E-state index contributed by atoms with van der Waals surface area (Å²) in [6, 6.07) is 15.9. The highest BCUT2D eigenvalue weighted by Crippen LogP contribution is 2.28. The van der Waals surface area contributed by atoms with E-state index in [1.807, 2.05) is 36.4 Å². The summed E-state index contributed by atoms with van der Waals surface area (Å²) in [5, 5.41) is 12.7. The molecule has 2 rings (SSSR count). The van der Waals surface area contributed by atoms with Crippen LogP contribution in [0.4, 0.5) is 4.79 Å². The van der Waals surface area contributed by atoms with Crippen LogP contribution >= 0.6 is 0 Å². The predicted octanol–water partition coefficient (Wildman–Crippen LogP) is 2.84. The molecule has 0 spiro atoms. The molecule has 4 nitrogen and oxygen atoms in total. The quantitative estimate of drug-likeness (QED) is 0.888. The lowest BCUT2D eigenvalue weighted by molar-refractivity contribution is 0.168. The molecule has 98 valence electrons. The van der Waals surface area contributed by atoms with Crippen molar-refractivity contribution in [3.05, 3.63) is 65.7 Å². The molecule has 2 N–H and O–H groups in total. The van der Waals surface area contributed by atoms with E-state index >= 15 is 0 Å². The highest BCUT2D eigenvalue weighted by Gasteiger charge is 2.19. The Morgan fingerprint density at radius 2 is 1.74 bits per heavy atom. The van der Waals surface area contributed by atoms with Gasteiger partial charge in [0.15, 0.2) is 0 Å². The second-order valence-corrected chi connectivity index (χ2v) is 4.04. The van der Waals surface area contributed by atoms with Crippen LogP contribution in [-0.2, 0) is 4.74 Å². The third-order valence-corrected chi connectivity index (χ3v) is 2.83. The highest BCUT2D eigenvalue weighted by atomic mass is 16.5. The third kappa shape index (κ3) is 3.04. The number of ether oxygens (including phenoxy) is 1. The molecule has 0 radical (unpaired) electrons. The first kappa shape index (κ1) is 13.0. The van der Waals surface area contributed by atoms with E-state index in [2.05, 4.69) is 10.1 Å². The van der Waals surface area contributed by atoms with Gasteiger partial charge < -0.3 is 15.2 Å². The first-order valence-corrected chi connectivity index (χ1v) is 5.89. The Morgan fingerprint density at radius 3 is 2.37 bits per heavy atom. The monoisotopic (exact) mass is 257 g/mol. The number of amides is 1. The molecular formula is C15H15NO3. The fourth-order valence-corrected chi connectivity index (χ4v) is 1.89. The summed E-state index contributed by atoms with van der Waals surface area (Å²) in [6.45, 7) is 0. The Hall–Kier alpha value is -2.49. The van der Waals surface area contributed by atoms with Crippen LogP contribution < -0.4 is 5.32 Å². The van der Waals surface area contributed by atoms with Gasteiger partial charge in [-0.1, -0.05) is 48.5 Å². The van der Waals surface area contributed by atoms with Gasteiger partial charge in [0.2, 0.25) is 0 Å². The predicted molar refractivity (Wildman–Crippen MR) is 71.9 cm³/mol. The second kappa shape index (κ2) is 5.91. The molecule has 2 aromatic rings. The third-order valence-electron chi connectivity index (χ3n) is 2.83. The number of nitrogens with one attached hydrogen (secondary N) is 1. The van der Waals surface area contributed by atoms with Crippen molar-refractivity contribution in [1.29, 1.82) is 0 Å². The number of hydrogen-bond acceptors (Lipinski definition) is 3. The van der Waals surface area contributed by atoms with Crippen molar-refractivity contribution in [2.45, 2.75) is 6.04 Å². The fraction of sp³-hybridized carbons (Fsp3) is 0.133. The SMILES string of the molecule is COC(=O)NC(c1ccccc1)c1ccccc1O. The molecule has 0 aliphatic heterocycles. The number of phenolic OH excluding ortho intramolecular Hbond substituents is 1. The van der Waals surface area contributed by atoms with Gasteiger partial charge in [-0.05, 0) is 11.6 Å². The molecule has 2 aromatic carbocycles. The number of rotatable bonds is 3. The lowest BCUT2D eigenvalue weighted by Gasteiger charge is -2.19. The van der Waals surface area contributed by atoms with Crippen LogP contribution in [0.5, 0.6) is 5.75 Å². The summed E-state index contributed by atoms with van der Waals surface area (Å²) in [4.78, 5) is 11.5. The standard InChI is InChI=1S/C15H15NO3/c1-19-15(18)16-14(11-7-3-2-4-8-11)12-9-5-6-10-13(12)17/h2-10,14,17H,1H3,(H,16,18). The van der Waals surface area contributed by atoms with Crippen LogP contribution in [0, 0.1) is 0 Å². The Labute approximate surface area is 111 Å². The van der Waals surface area contributed by atoms with E-state index < -0.39 is 12.1 Å². The lowest BCUT2D eigenvalue weighted by Crippen LogP contribution is -2.29. The summed E-state index contributed by atoms with van der Waals surface area (Å²) < 4.78 is 4.63. The Balaban J connectivity index is 2.40. The maximum absolute atomic E-state index is 11.5. The molecule has 4 heteroatoms. The van der Waals surface area contributed by atoms with Gasteiger partial charge in [-0.25, -0.2) is 4.79 Å². The average Bonchev–Trinajstić information content (AvgIpc) is 2.46. The van der Waals surface area contributed by atoms with Crippen molar-refractivity contribution >= 4 is 6.09 Å². The molecule has 0 bridgehead atoms. The smallest absolute Gasteiger partial charge is 0.407 e. The molecule has 0 aliphatic rings. The molecule has 19 heavy (non-hydrogen) atoms. The summed E-state index contributed by atoms with van der Waals surface area (Å²) in [6.07, 6.45) is -0.544. The van der Waals surface area contributed by atoms with Crippen molar-refractivity contribution < 1.29 is 14.6 Å². The van der Waals surface area contributed by atoms with Gasteiger partial charge in [0.25, 0.3) is 0 Å². The maximum Gasteiger partial charge on any atom is 0.407 e. The van der Waals surface area contributed by atoms with Crippen molar-refractivity contribution in [2.24, 2.45) is 0 Å². The normalized spacial score (nSPS) is 11.6. The maximum atomic E-state index is 11.5. The molecular weight excluding hydrogens is 242 g/mol. The van der Waals surface area contributed by atoms with Crippen LogP contribution in [0.25, 0.3) is 0 Å². The van der Waals surface area contributed by atoms with Crippen molar-refractivity contribution in [2.75, 3.05) is 7.11 Å². The fourth-order valence-electron chi connectivity index (χ4n) is 1.89. The van der Waals surface area contributed by atoms with Crippen LogP contribution in [-0.4, -0.2) is 18.3 Å². The summed E-state index contributed by atoms with van der Waals surface area (Å²) in [5.41, 5.74) is 1.49. The Bertz CT molecular complexity index is 554. The van der Waals surface area contributed by atoms with Crippen LogP contribution in [0.2, 0.25) is 0 Å². The highest BCUT2D eigenvalue weighted by molar-refractivity contribution is 5.68. The number of carbonyl (C=O) groups excluding carboxylic acids is 1. The largest absolute Gasteiger partial charge is 0.508 e. The van der Waals surface area contributed by atoms with Crippen molar-refractivity contribution in [3.63, 3.8) is 0 Å². The van der Waals surface area contributed by atoms with Crippen LogP contribution in [0.3, 0.4) is 0 Å². The summed E-state index contributed by atoms with van der Waals surface area (Å²) in [5.74, 6) is 0.132. The van der Waals surface area contributed by atoms with Gasteiger partial charge in [0.1, 0.15) is 5.75 Å². The van der Waals surface area contributed by atoms with Gasteiger partial charge in [-0.3, -0.25) is 0 Å². The zero-order valence-corrected chi connectivity index (χ0v) is 10.5. The first-order valence-electron chi connectivity index (χ1n) is 5.89. The molecule has 0 saturated heterocycles. The van der Waals surface area contributed by atoms with E-state index in [0.717, 1.165) is 5.56 Å². The minimum Gasteiger partial charge on any atom is -0.508 e. The number of hydrogen-bond donors (Lipinski definition) is 2. The average molecular weight is 257 g/mol. The number of methoxy groups -OCH3 is 1. The van der Waals surface area contributed by atoms with E-state index in [0.29, 0.717) is 5.56 Å². The zero-order valence-electron chi connectivity index (χ0n) is 10.5. The van der Waals surface area contributed by atoms with E-state index in [4.69, 9.17) is 0 Å². The molecule has 0 fully saturated rings. The second-order valence-electron chi connectivity index (χ2n) is 4.04.